The van der Waals surface area contributed by atoms with Crippen LogP contribution in [0, 0.1) is 0 Å². The molecule has 0 unspecified atom stereocenters. The Hall–Kier alpha value is -3.87. The van der Waals surface area contributed by atoms with Gasteiger partial charge in [0.15, 0.2) is 0 Å². The van der Waals surface area contributed by atoms with E-state index < -0.39 is 17.2 Å². The van der Waals surface area contributed by atoms with E-state index in [9.17, 15) is 14.4 Å². The average molecular weight is 376 g/mol. The summed E-state index contributed by atoms with van der Waals surface area (Å²) in [6, 6.07) is 19.5. The highest BCUT2D eigenvalue weighted by atomic mass is 16.5. The molecule has 4 rings (SSSR count). The second-order valence-electron chi connectivity index (χ2n) is 6.20. The number of hydrogen-bond donors (Lipinski definition) is 0. The van der Waals surface area contributed by atoms with Gasteiger partial charge in [-0.15, -0.1) is 0 Å². The van der Waals surface area contributed by atoms with Crippen molar-refractivity contribution in [2.75, 3.05) is 0 Å². The Balaban J connectivity index is 1.62. The van der Waals surface area contributed by atoms with Crippen molar-refractivity contribution >= 4 is 11.7 Å². The zero-order chi connectivity index (χ0) is 19.5. The van der Waals surface area contributed by atoms with Crippen molar-refractivity contribution in [3.63, 3.8) is 0 Å². The van der Waals surface area contributed by atoms with Crippen molar-refractivity contribution < 1.29 is 13.9 Å². The van der Waals surface area contributed by atoms with E-state index in [2.05, 4.69) is 0 Å². The third kappa shape index (κ3) is 3.50. The van der Waals surface area contributed by atoms with Gasteiger partial charge >= 0.3 is 11.7 Å². The fourth-order valence-corrected chi connectivity index (χ4v) is 2.83. The van der Waals surface area contributed by atoms with Gasteiger partial charge in [-0.25, -0.2) is 14.0 Å². The molecule has 0 saturated carbocycles. The Kier molecular flexibility index (Phi) is 4.63. The number of carbonyl (C=O) groups is 1. The summed E-state index contributed by atoms with van der Waals surface area (Å²) in [6.45, 7) is 0.201. The summed E-state index contributed by atoms with van der Waals surface area (Å²) in [5.41, 5.74) is 0.537. The smallest absolute Gasteiger partial charge is 0.376 e. The normalized spacial score (nSPS) is 10.9. The molecule has 0 N–H and O–H groups in total. The number of rotatable bonds is 5. The van der Waals surface area contributed by atoms with Gasteiger partial charge in [0.25, 0.3) is 5.56 Å². The van der Waals surface area contributed by atoms with E-state index in [-0.39, 0.29) is 24.6 Å². The Morgan fingerprint density at radius 3 is 2.25 bits per heavy atom. The number of fused-ring (bicyclic) bond motifs is 1. The molecule has 0 spiro atoms. The first-order chi connectivity index (χ1) is 13.6. The van der Waals surface area contributed by atoms with Crippen LogP contribution in [0.15, 0.2) is 86.9 Å². The Morgan fingerprint density at radius 1 is 0.929 bits per heavy atom. The highest BCUT2D eigenvalue weighted by molar-refractivity contribution is 5.86. The van der Waals surface area contributed by atoms with E-state index in [0.29, 0.717) is 0 Å². The lowest BCUT2D eigenvalue weighted by Crippen LogP contribution is -2.36. The van der Waals surface area contributed by atoms with Crippen molar-refractivity contribution in [3.8, 4) is 0 Å². The van der Waals surface area contributed by atoms with Crippen LogP contribution in [-0.4, -0.2) is 14.9 Å². The second kappa shape index (κ2) is 7.40. The zero-order valence-corrected chi connectivity index (χ0v) is 14.8. The van der Waals surface area contributed by atoms with Gasteiger partial charge in [0.05, 0.1) is 18.8 Å². The summed E-state index contributed by atoms with van der Waals surface area (Å²) in [5, 5.41) is 0. The van der Waals surface area contributed by atoms with Crippen molar-refractivity contribution in [1.82, 2.24) is 8.97 Å². The Labute approximate surface area is 159 Å². The van der Waals surface area contributed by atoms with E-state index in [4.69, 9.17) is 9.15 Å². The van der Waals surface area contributed by atoms with Crippen LogP contribution in [0.4, 0.5) is 0 Å². The van der Waals surface area contributed by atoms with Crippen LogP contribution in [0.2, 0.25) is 0 Å². The van der Waals surface area contributed by atoms with E-state index in [0.717, 1.165) is 20.1 Å². The van der Waals surface area contributed by atoms with Gasteiger partial charge in [-0.05, 0) is 11.1 Å². The number of aromatic nitrogens is 2. The second-order valence-corrected chi connectivity index (χ2v) is 6.20. The largest absolute Gasteiger partial charge is 0.455 e. The van der Waals surface area contributed by atoms with Gasteiger partial charge in [-0.3, -0.25) is 9.36 Å². The maximum atomic E-state index is 12.7. The van der Waals surface area contributed by atoms with Crippen LogP contribution < -0.4 is 11.2 Å². The van der Waals surface area contributed by atoms with Crippen LogP contribution in [0.25, 0.3) is 5.71 Å². The lowest BCUT2D eigenvalue weighted by Gasteiger charge is -2.04. The number of ether oxygens (including phenoxy) is 1. The molecule has 0 bridgehead atoms. The molecule has 0 aliphatic rings. The fraction of sp³-hybridized carbons (Fsp3) is 0.0952. The topological polar surface area (TPSA) is 82.9 Å². The molecule has 2 aromatic carbocycles. The molecule has 4 aromatic rings. The minimum atomic E-state index is -0.714. The van der Waals surface area contributed by atoms with Gasteiger partial charge in [-0.2, -0.15) is 0 Å². The van der Waals surface area contributed by atoms with Crippen molar-refractivity contribution in [1.29, 1.82) is 0 Å². The minimum absolute atomic E-state index is 0.00836. The lowest BCUT2D eigenvalue weighted by molar-refractivity contribution is 0.0438. The summed E-state index contributed by atoms with van der Waals surface area (Å²) in [4.78, 5) is 37.2. The molecular weight excluding hydrogens is 360 g/mol. The Bertz CT molecular complexity index is 1240. The highest BCUT2D eigenvalue weighted by Gasteiger charge is 2.17. The summed E-state index contributed by atoms with van der Waals surface area (Å²) in [7, 11) is 0. The van der Waals surface area contributed by atoms with Crippen LogP contribution in [0.1, 0.15) is 21.7 Å². The molecule has 2 aromatic heterocycles. The highest BCUT2D eigenvalue weighted by Crippen LogP contribution is 2.10. The van der Waals surface area contributed by atoms with E-state index >= 15 is 0 Å². The van der Waals surface area contributed by atoms with Crippen LogP contribution in [-0.2, 0) is 17.9 Å². The Morgan fingerprint density at radius 2 is 1.57 bits per heavy atom. The van der Waals surface area contributed by atoms with Gasteiger partial charge in [0.2, 0.25) is 11.5 Å². The number of nitrogens with zero attached hydrogens (tertiary/aromatic N) is 2. The molecule has 0 aliphatic heterocycles. The average Bonchev–Trinajstić information content (AvgIpc) is 3.15. The van der Waals surface area contributed by atoms with Crippen LogP contribution in [0.5, 0.6) is 0 Å². The number of oxazole rings is 1. The molecule has 0 fully saturated rings. The van der Waals surface area contributed by atoms with Gasteiger partial charge < -0.3 is 9.15 Å². The van der Waals surface area contributed by atoms with Gasteiger partial charge in [0.1, 0.15) is 6.61 Å². The maximum absolute atomic E-state index is 12.7. The molecule has 2 heterocycles. The van der Waals surface area contributed by atoms with Crippen molar-refractivity contribution in [2.45, 2.75) is 13.2 Å². The summed E-state index contributed by atoms with van der Waals surface area (Å²) in [6.07, 6.45) is 1.24. The molecular formula is C21H16N2O5. The molecule has 0 amide bonds. The molecule has 7 heteroatoms. The predicted molar refractivity (Wildman–Crippen MR) is 101 cm³/mol. The maximum Gasteiger partial charge on any atom is 0.376 e. The van der Waals surface area contributed by atoms with Gasteiger partial charge in [-0.1, -0.05) is 60.7 Å². The third-order valence-electron chi connectivity index (χ3n) is 4.25. The first-order valence-electron chi connectivity index (χ1n) is 8.63. The van der Waals surface area contributed by atoms with E-state index in [1.54, 1.807) is 0 Å². The lowest BCUT2D eigenvalue weighted by atomic mass is 10.2. The number of esters is 1. The van der Waals surface area contributed by atoms with Crippen LogP contribution in [0.3, 0.4) is 0 Å². The molecule has 7 nitrogen and oxygen atoms in total. The zero-order valence-electron chi connectivity index (χ0n) is 14.8. The van der Waals surface area contributed by atoms with Crippen LogP contribution >= 0.6 is 0 Å². The number of hydrogen-bond acceptors (Lipinski definition) is 5. The third-order valence-corrected chi connectivity index (χ3v) is 4.25. The van der Waals surface area contributed by atoms with E-state index in [1.165, 1.54) is 12.3 Å². The van der Waals surface area contributed by atoms with Crippen molar-refractivity contribution in [2.24, 2.45) is 0 Å². The van der Waals surface area contributed by atoms with E-state index in [1.807, 2.05) is 60.7 Å². The summed E-state index contributed by atoms with van der Waals surface area (Å²) >= 11 is 0. The molecule has 0 atom stereocenters. The molecule has 0 aliphatic carbocycles. The first kappa shape index (κ1) is 17.5. The number of carbonyl (C=O) groups excluding carboxylic acids is 1. The predicted octanol–water partition coefficient (Wildman–Crippen LogP) is 2.46. The summed E-state index contributed by atoms with van der Waals surface area (Å²) < 4.78 is 12.8. The molecule has 140 valence electrons. The number of benzene rings is 2. The SMILES string of the molecule is O=C(OCc1ccccc1)c1cn2c(=O)n(Cc3ccccc3)c(=O)cc2o1. The standard InChI is InChI=1S/C21H16N2O5/c24-18-11-19-23(21(26)22(18)12-15-7-3-1-4-8-15)13-17(28-19)20(25)27-14-16-9-5-2-6-10-16/h1-11,13H,12,14H2. The molecule has 28 heavy (non-hydrogen) atoms. The molecule has 0 saturated heterocycles. The van der Waals surface area contributed by atoms with Crippen molar-refractivity contribution in [3.05, 3.63) is 111 Å². The van der Waals surface area contributed by atoms with Gasteiger partial charge in [0, 0.05) is 0 Å². The quantitative estimate of drug-likeness (QED) is 0.500. The molecule has 0 radical (unpaired) electrons. The monoisotopic (exact) mass is 376 g/mol. The fourth-order valence-electron chi connectivity index (χ4n) is 2.83. The first-order valence-corrected chi connectivity index (χ1v) is 8.63. The summed E-state index contributed by atoms with van der Waals surface area (Å²) in [5.74, 6) is -0.862. The minimum Gasteiger partial charge on any atom is -0.455 e.